The zero-order valence-electron chi connectivity index (χ0n) is 19.2. The molecule has 7 aromatic rings. The van der Waals surface area contributed by atoms with Crippen molar-refractivity contribution in [1.29, 1.82) is 0 Å². The first-order chi connectivity index (χ1) is 17.9. The summed E-state index contributed by atoms with van der Waals surface area (Å²) in [7, 11) is 0. The second-order valence-electron chi connectivity index (χ2n) is 8.47. The van der Waals surface area contributed by atoms with Crippen LogP contribution in [-0.2, 0) is 0 Å². The molecule has 6 nitrogen and oxygen atoms in total. The van der Waals surface area contributed by atoms with Gasteiger partial charge in [-0.15, -0.1) is 0 Å². The van der Waals surface area contributed by atoms with Crippen LogP contribution >= 0.6 is 0 Å². The van der Waals surface area contributed by atoms with E-state index in [1.54, 1.807) is 12.4 Å². The molecule has 0 atom stereocenters. The number of aromatic nitrogens is 6. The second-order valence-corrected chi connectivity index (χ2v) is 8.47. The lowest BCUT2D eigenvalue weighted by molar-refractivity contribution is 1.05. The summed E-state index contributed by atoms with van der Waals surface area (Å²) in [6, 6.07) is 36.6. The molecule has 0 radical (unpaired) electrons. The Balaban J connectivity index is 1.49. The first-order valence-electron chi connectivity index (χ1n) is 11.8. The fourth-order valence-electron chi connectivity index (χ4n) is 4.68. The molecule has 0 amide bonds. The van der Waals surface area contributed by atoms with Crippen molar-refractivity contribution in [1.82, 2.24) is 29.1 Å². The number of hydrogen-bond acceptors (Lipinski definition) is 4. The minimum atomic E-state index is 0.800. The first kappa shape index (κ1) is 20.3. The summed E-state index contributed by atoms with van der Waals surface area (Å²) in [5.41, 5.74) is 7.52. The Hall–Kier alpha value is -5.10. The number of fused-ring (bicyclic) bond motifs is 2. The lowest BCUT2D eigenvalue weighted by Gasteiger charge is -2.13. The molecule has 6 heteroatoms. The van der Waals surface area contributed by atoms with Crippen LogP contribution in [0.25, 0.3) is 56.5 Å². The van der Waals surface area contributed by atoms with Crippen molar-refractivity contribution in [3.05, 3.63) is 122 Å². The molecule has 3 aromatic carbocycles. The number of pyridine rings is 2. The standard InChI is InChI=1S/C30H20N6/c1-3-16-27-23(12-1)33-29(25-14-5-7-18-31-25)35(27)21-10-9-11-22(20-21)36-28-17-4-2-13-24(28)34-30(36)26-15-6-8-19-32-26/h1-20H. The van der Waals surface area contributed by atoms with Crippen LogP contribution in [0.2, 0.25) is 0 Å². The normalized spacial score (nSPS) is 11.3. The zero-order valence-corrected chi connectivity index (χ0v) is 19.2. The fraction of sp³-hybridized carbons (Fsp3) is 0. The Morgan fingerprint density at radius 2 is 0.917 bits per heavy atom. The highest BCUT2D eigenvalue weighted by molar-refractivity contribution is 5.84. The predicted octanol–water partition coefficient (Wildman–Crippen LogP) is 6.49. The van der Waals surface area contributed by atoms with Gasteiger partial charge >= 0.3 is 0 Å². The molecule has 0 aliphatic carbocycles. The second kappa shape index (κ2) is 8.29. The van der Waals surface area contributed by atoms with Crippen molar-refractivity contribution in [3.63, 3.8) is 0 Å². The average molecular weight is 465 g/mol. The lowest BCUT2D eigenvalue weighted by Crippen LogP contribution is -2.02. The van der Waals surface area contributed by atoms with E-state index in [0.717, 1.165) is 56.5 Å². The van der Waals surface area contributed by atoms with E-state index in [1.807, 2.05) is 72.8 Å². The minimum Gasteiger partial charge on any atom is -0.291 e. The quantitative estimate of drug-likeness (QED) is 0.299. The van der Waals surface area contributed by atoms with E-state index in [9.17, 15) is 0 Å². The maximum absolute atomic E-state index is 4.94. The summed E-state index contributed by atoms with van der Waals surface area (Å²) in [6.07, 6.45) is 3.60. The molecule has 0 fully saturated rings. The van der Waals surface area contributed by atoms with E-state index >= 15 is 0 Å². The maximum atomic E-state index is 4.94. The molecular formula is C30H20N6. The molecule has 4 heterocycles. The van der Waals surface area contributed by atoms with E-state index < -0.39 is 0 Å². The van der Waals surface area contributed by atoms with Gasteiger partial charge in [0.15, 0.2) is 11.6 Å². The van der Waals surface area contributed by atoms with E-state index in [0.29, 0.717) is 0 Å². The topological polar surface area (TPSA) is 61.4 Å². The molecule has 0 aliphatic heterocycles. The molecule has 36 heavy (non-hydrogen) atoms. The molecule has 4 aromatic heterocycles. The Morgan fingerprint density at radius 1 is 0.444 bits per heavy atom. The number of hydrogen-bond donors (Lipinski definition) is 0. The van der Waals surface area contributed by atoms with Gasteiger partial charge in [0.25, 0.3) is 0 Å². The monoisotopic (exact) mass is 464 g/mol. The summed E-state index contributed by atoms with van der Waals surface area (Å²) in [5.74, 6) is 1.60. The highest BCUT2D eigenvalue weighted by Crippen LogP contribution is 2.31. The Bertz CT molecular complexity index is 1700. The summed E-state index contributed by atoms with van der Waals surface area (Å²) in [5, 5.41) is 0. The molecular weight excluding hydrogens is 444 g/mol. The Labute approximate surface area is 207 Å². The Morgan fingerprint density at radius 3 is 1.39 bits per heavy atom. The number of nitrogens with zero attached hydrogens (tertiary/aromatic N) is 6. The van der Waals surface area contributed by atoms with Crippen LogP contribution in [0.15, 0.2) is 122 Å². The van der Waals surface area contributed by atoms with Gasteiger partial charge in [0.2, 0.25) is 0 Å². The number of para-hydroxylation sites is 4. The Kier molecular flexibility index (Phi) is 4.67. The number of rotatable bonds is 4. The predicted molar refractivity (Wildman–Crippen MR) is 142 cm³/mol. The van der Waals surface area contributed by atoms with Crippen molar-refractivity contribution in [2.45, 2.75) is 0 Å². The third-order valence-corrected chi connectivity index (χ3v) is 6.26. The summed E-state index contributed by atoms with van der Waals surface area (Å²) in [6.45, 7) is 0. The fourth-order valence-corrected chi connectivity index (χ4v) is 4.68. The molecule has 170 valence electrons. The lowest BCUT2D eigenvalue weighted by atomic mass is 10.2. The van der Waals surface area contributed by atoms with Crippen LogP contribution in [0.4, 0.5) is 0 Å². The molecule has 0 saturated carbocycles. The molecule has 0 spiro atoms. The van der Waals surface area contributed by atoms with Gasteiger partial charge in [-0.2, -0.15) is 0 Å². The largest absolute Gasteiger partial charge is 0.291 e. The van der Waals surface area contributed by atoms with Gasteiger partial charge in [-0.1, -0.05) is 42.5 Å². The third-order valence-electron chi connectivity index (χ3n) is 6.26. The van der Waals surface area contributed by atoms with Gasteiger partial charge in [0, 0.05) is 23.8 Å². The van der Waals surface area contributed by atoms with Gasteiger partial charge in [-0.25, -0.2) is 9.97 Å². The van der Waals surface area contributed by atoms with Crippen LogP contribution in [0.5, 0.6) is 0 Å². The van der Waals surface area contributed by atoms with Crippen molar-refractivity contribution in [2.75, 3.05) is 0 Å². The third kappa shape index (κ3) is 3.27. The molecule has 7 rings (SSSR count). The smallest absolute Gasteiger partial charge is 0.164 e. The van der Waals surface area contributed by atoms with Crippen LogP contribution in [0, 0.1) is 0 Å². The number of benzene rings is 3. The molecule has 0 bridgehead atoms. The highest BCUT2D eigenvalue weighted by atomic mass is 15.1. The maximum Gasteiger partial charge on any atom is 0.164 e. The van der Waals surface area contributed by atoms with E-state index in [-0.39, 0.29) is 0 Å². The van der Waals surface area contributed by atoms with Crippen molar-refractivity contribution >= 4 is 22.1 Å². The molecule has 0 N–H and O–H groups in total. The number of imidazole rings is 2. The molecule has 0 aliphatic rings. The van der Waals surface area contributed by atoms with E-state index in [4.69, 9.17) is 9.97 Å². The summed E-state index contributed by atoms with van der Waals surface area (Å²) in [4.78, 5) is 19.1. The first-order valence-corrected chi connectivity index (χ1v) is 11.8. The van der Waals surface area contributed by atoms with Gasteiger partial charge in [0.1, 0.15) is 11.4 Å². The summed E-state index contributed by atoms with van der Waals surface area (Å²) < 4.78 is 4.33. The zero-order chi connectivity index (χ0) is 23.9. The average Bonchev–Trinajstić information content (AvgIpc) is 3.53. The SMILES string of the molecule is c1ccc(-c2nc3ccccc3n2-c2cccc(-n3c(-c4ccccn4)nc4ccccc43)c2)nc1. The van der Waals surface area contributed by atoms with Gasteiger partial charge in [-0.05, 0) is 66.7 Å². The van der Waals surface area contributed by atoms with Crippen LogP contribution in [0.3, 0.4) is 0 Å². The van der Waals surface area contributed by atoms with Crippen LogP contribution in [-0.4, -0.2) is 29.1 Å². The van der Waals surface area contributed by atoms with Crippen LogP contribution < -0.4 is 0 Å². The van der Waals surface area contributed by atoms with Gasteiger partial charge in [0.05, 0.1) is 22.1 Å². The van der Waals surface area contributed by atoms with Gasteiger partial charge < -0.3 is 0 Å². The summed E-state index contributed by atoms with van der Waals surface area (Å²) >= 11 is 0. The van der Waals surface area contributed by atoms with Crippen molar-refractivity contribution < 1.29 is 0 Å². The minimum absolute atomic E-state index is 0.800. The molecule has 0 unspecified atom stereocenters. The van der Waals surface area contributed by atoms with E-state index in [2.05, 4.69) is 55.5 Å². The van der Waals surface area contributed by atoms with Gasteiger partial charge in [-0.3, -0.25) is 19.1 Å². The highest BCUT2D eigenvalue weighted by Gasteiger charge is 2.18. The van der Waals surface area contributed by atoms with E-state index in [1.165, 1.54) is 0 Å². The van der Waals surface area contributed by atoms with Crippen molar-refractivity contribution in [3.8, 4) is 34.4 Å². The molecule has 0 saturated heterocycles. The van der Waals surface area contributed by atoms with Crippen LogP contribution in [0.1, 0.15) is 0 Å². The van der Waals surface area contributed by atoms with Crippen molar-refractivity contribution in [2.24, 2.45) is 0 Å².